The van der Waals surface area contributed by atoms with E-state index in [9.17, 15) is 4.39 Å². The van der Waals surface area contributed by atoms with Crippen LogP contribution in [0.3, 0.4) is 0 Å². The van der Waals surface area contributed by atoms with E-state index in [-0.39, 0.29) is 11.2 Å². The Balaban J connectivity index is 2.91. The Labute approximate surface area is 104 Å². The molecule has 0 aliphatic heterocycles. The van der Waals surface area contributed by atoms with Crippen molar-refractivity contribution in [1.29, 1.82) is 0 Å². The van der Waals surface area contributed by atoms with Crippen molar-refractivity contribution in [2.75, 3.05) is 6.54 Å². The molecule has 0 aromatic heterocycles. The third kappa shape index (κ3) is 3.81. The summed E-state index contributed by atoms with van der Waals surface area (Å²) in [7, 11) is 0. The second-order valence-corrected chi connectivity index (χ2v) is 5.53. The molecule has 0 fully saturated rings. The summed E-state index contributed by atoms with van der Waals surface area (Å²) in [5.41, 5.74) is 1.80. The van der Waals surface area contributed by atoms with Gasteiger partial charge in [0.05, 0.1) is 0 Å². The van der Waals surface area contributed by atoms with Crippen molar-refractivity contribution in [3.63, 3.8) is 0 Å². The molecule has 0 spiro atoms. The molecule has 0 amide bonds. The average Bonchev–Trinajstić information content (AvgIpc) is 2.21. The van der Waals surface area contributed by atoms with Gasteiger partial charge in [0, 0.05) is 6.04 Å². The minimum absolute atomic E-state index is 0.0932. The van der Waals surface area contributed by atoms with Crippen molar-refractivity contribution in [3.05, 3.63) is 35.1 Å². The summed E-state index contributed by atoms with van der Waals surface area (Å²) in [6.45, 7) is 11.4. The first-order chi connectivity index (χ1) is 7.86. The number of aryl methyl sites for hydroxylation is 1. The zero-order valence-corrected chi connectivity index (χ0v) is 11.6. The minimum atomic E-state index is -0.141. The molecule has 0 aliphatic rings. The molecule has 2 heteroatoms. The van der Waals surface area contributed by atoms with Crippen LogP contribution in [0, 0.1) is 12.7 Å². The lowest BCUT2D eigenvalue weighted by Crippen LogP contribution is -2.33. The molecule has 1 rings (SSSR count). The van der Waals surface area contributed by atoms with Gasteiger partial charge in [-0.05, 0) is 43.9 Å². The SMILES string of the molecule is CCNC(C)CC(C)(C)c1cc(C)ccc1F. The maximum Gasteiger partial charge on any atom is 0.126 e. The zero-order chi connectivity index (χ0) is 13.1. The van der Waals surface area contributed by atoms with Gasteiger partial charge in [-0.3, -0.25) is 0 Å². The van der Waals surface area contributed by atoms with Crippen LogP contribution >= 0.6 is 0 Å². The van der Waals surface area contributed by atoms with Crippen LogP contribution in [0.4, 0.5) is 4.39 Å². The fraction of sp³-hybridized carbons (Fsp3) is 0.600. The fourth-order valence-electron chi connectivity index (χ4n) is 2.45. The van der Waals surface area contributed by atoms with Crippen molar-refractivity contribution < 1.29 is 4.39 Å². The average molecular weight is 237 g/mol. The largest absolute Gasteiger partial charge is 0.315 e. The number of rotatable bonds is 5. The lowest BCUT2D eigenvalue weighted by Gasteiger charge is -2.29. The Morgan fingerprint density at radius 1 is 1.35 bits per heavy atom. The molecular formula is C15H24FN. The first-order valence-electron chi connectivity index (χ1n) is 6.37. The number of benzene rings is 1. The Kier molecular flexibility index (Phi) is 4.70. The highest BCUT2D eigenvalue weighted by molar-refractivity contribution is 5.30. The molecule has 1 aromatic rings. The summed E-state index contributed by atoms with van der Waals surface area (Å²) in [4.78, 5) is 0. The lowest BCUT2D eigenvalue weighted by molar-refractivity contribution is 0.381. The first kappa shape index (κ1) is 14.2. The minimum Gasteiger partial charge on any atom is -0.315 e. The normalized spacial score (nSPS) is 13.8. The second kappa shape index (κ2) is 5.63. The highest BCUT2D eigenvalue weighted by atomic mass is 19.1. The van der Waals surface area contributed by atoms with E-state index < -0.39 is 0 Å². The van der Waals surface area contributed by atoms with E-state index in [1.807, 2.05) is 19.1 Å². The smallest absolute Gasteiger partial charge is 0.126 e. The Hall–Kier alpha value is -0.890. The van der Waals surface area contributed by atoms with Gasteiger partial charge in [-0.25, -0.2) is 4.39 Å². The molecule has 0 saturated heterocycles. The second-order valence-electron chi connectivity index (χ2n) is 5.53. The maximum atomic E-state index is 13.9. The zero-order valence-electron chi connectivity index (χ0n) is 11.6. The van der Waals surface area contributed by atoms with Crippen LogP contribution in [0.2, 0.25) is 0 Å². The van der Waals surface area contributed by atoms with Gasteiger partial charge in [0.1, 0.15) is 5.82 Å². The third-order valence-corrected chi connectivity index (χ3v) is 3.22. The predicted molar refractivity (Wildman–Crippen MR) is 71.9 cm³/mol. The Bertz CT molecular complexity index is 371. The standard InChI is InChI=1S/C15H24FN/c1-6-17-12(3)10-15(4,5)13-9-11(2)7-8-14(13)16/h7-9,12,17H,6,10H2,1-5H3. The molecule has 0 bridgehead atoms. The van der Waals surface area contributed by atoms with Gasteiger partial charge in [-0.15, -0.1) is 0 Å². The van der Waals surface area contributed by atoms with Gasteiger partial charge in [-0.1, -0.05) is 38.5 Å². The first-order valence-corrected chi connectivity index (χ1v) is 6.37. The monoisotopic (exact) mass is 237 g/mol. The van der Waals surface area contributed by atoms with E-state index in [2.05, 4.69) is 33.0 Å². The van der Waals surface area contributed by atoms with Gasteiger partial charge in [-0.2, -0.15) is 0 Å². The van der Waals surface area contributed by atoms with Gasteiger partial charge in [0.2, 0.25) is 0 Å². The van der Waals surface area contributed by atoms with Crippen LogP contribution in [-0.4, -0.2) is 12.6 Å². The molecule has 0 saturated carbocycles. The van der Waals surface area contributed by atoms with Gasteiger partial charge >= 0.3 is 0 Å². The summed E-state index contributed by atoms with van der Waals surface area (Å²) < 4.78 is 13.9. The van der Waals surface area contributed by atoms with Crippen LogP contribution in [0.1, 0.15) is 45.2 Å². The molecule has 0 radical (unpaired) electrons. The van der Waals surface area contributed by atoms with Crippen LogP contribution in [0.5, 0.6) is 0 Å². The Morgan fingerprint density at radius 3 is 2.59 bits per heavy atom. The van der Waals surface area contributed by atoms with Crippen molar-refractivity contribution in [3.8, 4) is 0 Å². The third-order valence-electron chi connectivity index (χ3n) is 3.22. The van der Waals surface area contributed by atoms with E-state index in [0.29, 0.717) is 6.04 Å². The van der Waals surface area contributed by atoms with Gasteiger partial charge in [0.15, 0.2) is 0 Å². The summed E-state index contributed by atoms with van der Waals surface area (Å²) in [6.07, 6.45) is 0.932. The quantitative estimate of drug-likeness (QED) is 0.821. The highest BCUT2D eigenvalue weighted by Gasteiger charge is 2.26. The summed E-state index contributed by atoms with van der Waals surface area (Å²) in [5, 5.41) is 3.38. The molecule has 0 aliphatic carbocycles. The topological polar surface area (TPSA) is 12.0 Å². The fourth-order valence-corrected chi connectivity index (χ4v) is 2.45. The number of nitrogens with one attached hydrogen (secondary N) is 1. The van der Waals surface area contributed by atoms with E-state index in [1.54, 1.807) is 6.07 Å². The number of halogens is 1. The van der Waals surface area contributed by atoms with Crippen LogP contribution in [0.25, 0.3) is 0 Å². The highest BCUT2D eigenvalue weighted by Crippen LogP contribution is 2.31. The van der Waals surface area contributed by atoms with Gasteiger partial charge < -0.3 is 5.32 Å². The van der Waals surface area contributed by atoms with Crippen molar-refractivity contribution in [1.82, 2.24) is 5.32 Å². The van der Waals surface area contributed by atoms with Crippen molar-refractivity contribution in [2.24, 2.45) is 0 Å². The molecule has 1 N–H and O–H groups in total. The van der Waals surface area contributed by atoms with Crippen molar-refractivity contribution >= 4 is 0 Å². The van der Waals surface area contributed by atoms with Crippen LogP contribution < -0.4 is 5.32 Å². The number of hydrogen-bond acceptors (Lipinski definition) is 1. The lowest BCUT2D eigenvalue weighted by atomic mass is 9.78. The van der Waals surface area contributed by atoms with E-state index >= 15 is 0 Å². The summed E-state index contributed by atoms with van der Waals surface area (Å²) >= 11 is 0. The van der Waals surface area contributed by atoms with E-state index in [4.69, 9.17) is 0 Å². The molecule has 1 unspecified atom stereocenters. The van der Waals surface area contributed by atoms with Crippen molar-refractivity contribution in [2.45, 2.75) is 52.5 Å². The number of hydrogen-bond donors (Lipinski definition) is 1. The van der Waals surface area contributed by atoms with Crippen LogP contribution in [-0.2, 0) is 5.41 Å². The Morgan fingerprint density at radius 2 is 2.00 bits per heavy atom. The maximum absolute atomic E-state index is 13.9. The summed E-state index contributed by atoms with van der Waals surface area (Å²) in [6, 6.07) is 5.76. The molecule has 1 nitrogen and oxygen atoms in total. The molecule has 17 heavy (non-hydrogen) atoms. The van der Waals surface area contributed by atoms with Crippen LogP contribution in [0.15, 0.2) is 18.2 Å². The van der Waals surface area contributed by atoms with E-state index in [1.165, 1.54) is 0 Å². The molecule has 1 atom stereocenters. The molecule has 96 valence electrons. The molecule has 1 aromatic carbocycles. The predicted octanol–water partition coefficient (Wildman–Crippen LogP) is 3.80. The molecular weight excluding hydrogens is 213 g/mol. The molecule has 0 heterocycles. The van der Waals surface area contributed by atoms with E-state index in [0.717, 1.165) is 24.1 Å². The van der Waals surface area contributed by atoms with Gasteiger partial charge in [0.25, 0.3) is 0 Å². The summed E-state index contributed by atoms with van der Waals surface area (Å²) in [5.74, 6) is -0.0932.